The van der Waals surface area contributed by atoms with Crippen molar-refractivity contribution in [2.24, 2.45) is 0 Å². The number of rotatable bonds is 16. The van der Waals surface area contributed by atoms with Crippen molar-refractivity contribution in [2.45, 2.75) is 90.9 Å². The largest absolute Gasteiger partial charge is 0.494 e. The maximum absolute atomic E-state index is 5.76. The Morgan fingerprint density at radius 1 is 0.667 bits per heavy atom. The van der Waals surface area contributed by atoms with Gasteiger partial charge in [0.2, 0.25) is 0 Å². The summed E-state index contributed by atoms with van der Waals surface area (Å²) in [6.45, 7) is 6.10. The van der Waals surface area contributed by atoms with E-state index in [4.69, 9.17) is 9.47 Å². The quantitative estimate of drug-likeness (QED) is 0.304. The average molecular weight is 334 g/mol. The molecule has 0 saturated heterocycles. The topological polar surface area (TPSA) is 18.5 Å². The molecule has 0 unspecified atom stereocenters. The van der Waals surface area contributed by atoms with Crippen LogP contribution in [-0.4, -0.2) is 13.2 Å². The summed E-state index contributed by atoms with van der Waals surface area (Å²) in [4.78, 5) is 0. The zero-order valence-electron chi connectivity index (χ0n) is 15.9. The number of unbranched alkanes of at least 4 members (excludes halogenated alkanes) is 10. The Labute approximate surface area is 149 Å². The van der Waals surface area contributed by atoms with Gasteiger partial charge in [-0.15, -0.1) is 0 Å². The first-order valence-electron chi connectivity index (χ1n) is 10.1. The van der Waals surface area contributed by atoms with Crippen molar-refractivity contribution in [1.29, 1.82) is 0 Å². The monoisotopic (exact) mass is 333 g/mol. The smallest absolute Gasteiger partial charge is 0.127 e. The molecule has 0 heterocycles. The Morgan fingerprint density at radius 2 is 1.21 bits per heavy atom. The van der Waals surface area contributed by atoms with Crippen molar-refractivity contribution in [3.63, 3.8) is 0 Å². The van der Waals surface area contributed by atoms with Gasteiger partial charge in [-0.1, -0.05) is 78.1 Å². The Hall–Kier alpha value is -1.18. The van der Waals surface area contributed by atoms with Crippen molar-refractivity contribution in [1.82, 2.24) is 0 Å². The molecule has 0 amide bonds. The molecule has 137 valence electrons. The molecule has 0 aromatic heterocycles. The second-order valence-corrected chi connectivity index (χ2v) is 6.62. The maximum Gasteiger partial charge on any atom is 0.127 e. The summed E-state index contributed by atoms with van der Waals surface area (Å²) >= 11 is 0. The lowest BCUT2D eigenvalue weighted by molar-refractivity contribution is 0.296. The lowest BCUT2D eigenvalue weighted by Gasteiger charge is -2.08. The summed E-state index contributed by atoms with van der Waals surface area (Å²) < 4.78 is 11.5. The van der Waals surface area contributed by atoms with Gasteiger partial charge in [0.25, 0.3) is 0 Å². The van der Waals surface area contributed by atoms with E-state index in [0.29, 0.717) is 0 Å². The van der Waals surface area contributed by atoms with E-state index < -0.39 is 0 Å². The van der Waals surface area contributed by atoms with Crippen LogP contribution in [0.15, 0.2) is 18.2 Å². The van der Waals surface area contributed by atoms with Crippen LogP contribution in [0.1, 0.15) is 90.9 Å². The Kier molecular flexibility index (Phi) is 13.3. The molecule has 0 bridgehead atoms. The highest BCUT2D eigenvalue weighted by Crippen LogP contribution is 2.18. The number of hydrogen-bond donors (Lipinski definition) is 0. The van der Waals surface area contributed by atoms with Gasteiger partial charge in [-0.3, -0.25) is 0 Å². The van der Waals surface area contributed by atoms with Crippen LogP contribution in [0.25, 0.3) is 0 Å². The average Bonchev–Trinajstić information content (AvgIpc) is 2.61. The van der Waals surface area contributed by atoms with Gasteiger partial charge in [0.15, 0.2) is 0 Å². The summed E-state index contributed by atoms with van der Waals surface area (Å²) in [7, 11) is 0. The second-order valence-electron chi connectivity index (χ2n) is 6.62. The van der Waals surface area contributed by atoms with Gasteiger partial charge < -0.3 is 9.47 Å². The van der Waals surface area contributed by atoms with Crippen LogP contribution in [0, 0.1) is 6.07 Å². The van der Waals surface area contributed by atoms with E-state index in [-0.39, 0.29) is 0 Å². The predicted octanol–water partition coefficient (Wildman–Crippen LogP) is 6.97. The zero-order chi connectivity index (χ0) is 17.3. The van der Waals surface area contributed by atoms with Gasteiger partial charge in [-0.05, 0) is 31.0 Å². The Balaban J connectivity index is 2.02. The van der Waals surface area contributed by atoms with Crippen LogP contribution < -0.4 is 9.47 Å². The summed E-state index contributed by atoms with van der Waals surface area (Å²) in [5.74, 6) is 1.73. The molecule has 0 N–H and O–H groups in total. The predicted molar refractivity (Wildman–Crippen MR) is 103 cm³/mol. The number of benzene rings is 1. The molecule has 0 aliphatic rings. The summed E-state index contributed by atoms with van der Waals surface area (Å²) in [6, 6.07) is 9.02. The highest BCUT2D eigenvalue weighted by Gasteiger charge is 1.98. The molecule has 0 spiro atoms. The molecule has 0 fully saturated rings. The van der Waals surface area contributed by atoms with Gasteiger partial charge in [0.05, 0.1) is 13.2 Å². The van der Waals surface area contributed by atoms with Crippen molar-refractivity contribution >= 4 is 0 Å². The van der Waals surface area contributed by atoms with Gasteiger partial charge in [-0.25, -0.2) is 0 Å². The molecule has 1 radical (unpaired) electrons. The highest BCUT2D eigenvalue weighted by molar-refractivity contribution is 5.29. The van der Waals surface area contributed by atoms with Gasteiger partial charge in [-0.2, -0.15) is 0 Å². The summed E-state index contributed by atoms with van der Waals surface area (Å²) in [5, 5.41) is 0. The molecular formula is C22H37O2. The Bertz CT molecular complexity index is 335. The molecule has 24 heavy (non-hydrogen) atoms. The Morgan fingerprint density at radius 3 is 1.75 bits per heavy atom. The minimum atomic E-state index is 0.792. The van der Waals surface area contributed by atoms with Crippen molar-refractivity contribution in [3.05, 3.63) is 24.3 Å². The molecule has 2 heteroatoms. The first-order chi connectivity index (χ1) is 11.9. The first kappa shape index (κ1) is 20.9. The fourth-order valence-corrected chi connectivity index (χ4v) is 2.71. The zero-order valence-corrected chi connectivity index (χ0v) is 15.9. The van der Waals surface area contributed by atoms with Crippen LogP contribution in [-0.2, 0) is 0 Å². The minimum Gasteiger partial charge on any atom is -0.494 e. The third-order valence-electron chi connectivity index (χ3n) is 4.28. The first-order valence-corrected chi connectivity index (χ1v) is 10.1. The van der Waals surface area contributed by atoms with Crippen LogP contribution in [0.5, 0.6) is 11.5 Å². The fourth-order valence-electron chi connectivity index (χ4n) is 2.71. The highest BCUT2D eigenvalue weighted by atomic mass is 16.5. The lowest BCUT2D eigenvalue weighted by Crippen LogP contribution is -1.99. The molecule has 0 aliphatic carbocycles. The minimum absolute atomic E-state index is 0.792. The van der Waals surface area contributed by atoms with Gasteiger partial charge in [0, 0.05) is 6.07 Å². The van der Waals surface area contributed by atoms with Gasteiger partial charge in [0.1, 0.15) is 11.5 Å². The number of ether oxygens (including phenoxy) is 2. The van der Waals surface area contributed by atoms with Crippen LogP contribution >= 0.6 is 0 Å². The van der Waals surface area contributed by atoms with E-state index in [1.54, 1.807) is 0 Å². The molecule has 1 aromatic carbocycles. The molecule has 2 nitrogen and oxygen atoms in total. The van der Waals surface area contributed by atoms with E-state index in [1.807, 2.05) is 18.2 Å². The molecule has 0 atom stereocenters. The third-order valence-corrected chi connectivity index (χ3v) is 4.28. The molecule has 0 aliphatic heterocycles. The fraction of sp³-hybridized carbons (Fsp3) is 0.727. The van der Waals surface area contributed by atoms with Crippen LogP contribution in [0.2, 0.25) is 0 Å². The van der Waals surface area contributed by atoms with Crippen molar-refractivity contribution < 1.29 is 9.47 Å². The van der Waals surface area contributed by atoms with Crippen molar-refractivity contribution in [3.8, 4) is 11.5 Å². The molecule has 0 saturated carbocycles. The standard InChI is InChI=1S/C22H37O2/c1-3-5-7-9-11-13-19-23-21-15-17-22(18-16-21)24-20-14-12-10-8-6-4-2/h15-17H,3-14,19-20H2,1-2H3. The normalized spacial score (nSPS) is 10.8. The summed E-state index contributed by atoms with van der Waals surface area (Å²) in [5.41, 5.74) is 0. The maximum atomic E-state index is 5.76. The third kappa shape index (κ3) is 11.4. The lowest BCUT2D eigenvalue weighted by atomic mass is 10.1. The van der Waals surface area contributed by atoms with Crippen LogP contribution in [0.4, 0.5) is 0 Å². The van der Waals surface area contributed by atoms with E-state index in [1.165, 1.54) is 64.2 Å². The van der Waals surface area contributed by atoms with E-state index >= 15 is 0 Å². The van der Waals surface area contributed by atoms with E-state index in [2.05, 4.69) is 19.9 Å². The van der Waals surface area contributed by atoms with Crippen LogP contribution in [0.3, 0.4) is 0 Å². The molecule has 1 rings (SSSR count). The van der Waals surface area contributed by atoms with Crippen molar-refractivity contribution in [2.75, 3.05) is 13.2 Å². The van der Waals surface area contributed by atoms with E-state index in [0.717, 1.165) is 37.6 Å². The second kappa shape index (κ2) is 15.4. The molecular weight excluding hydrogens is 296 g/mol. The SMILES string of the molecule is CCCCCCCCOc1[c]cc(OCCCCCCCC)cc1. The number of hydrogen-bond acceptors (Lipinski definition) is 2. The van der Waals surface area contributed by atoms with Gasteiger partial charge >= 0.3 is 0 Å². The summed E-state index contributed by atoms with van der Waals surface area (Å²) in [6.07, 6.45) is 15.5. The molecule has 1 aromatic rings. The van der Waals surface area contributed by atoms with E-state index in [9.17, 15) is 0 Å².